The van der Waals surface area contributed by atoms with Crippen LogP contribution in [0.4, 0.5) is 10.1 Å². The average Bonchev–Trinajstić information content (AvgIpc) is 3.48. The zero-order chi connectivity index (χ0) is 26.8. The van der Waals surface area contributed by atoms with Crippen molar-refractivity contribution >= 4 is 34.3 Å². The number of nitrogens with zero attached hydrogens (tertiary/aromatic N) is 2. The number of carbonyl (C=O) groups excluding carboxylic acids is 3. The predicted molar refractivity (Wildman–Crippen MR) is 140 cm³/mol. The lowest BCUT2D eigenvalue weighted by Gasteiger charge is -2.28. The van der Waals surface area contributed by atoms with Crippen molar-refractivity contribution in [2.45, 2.75) is 18.9 Å². The minimum Gasteiger partial charge on any atom is -0.493 e. The molecule has 3 amide bonds. The molecule has 0 spiro atoms. The third-order valence-electron chi connectivity index (χ3n) is 6.77. The number of imide groups is 1. The summed E-state index contributed by atoms with van der Waals surface area (Å²) < 4.78 is 24.1. The standard InChI is InChI=1S/C29H26FN3O5/c1-37-25-12-7-18(15-26(25)38-2)28(35)32(14-13-19-17-31-23-6-4-3-5-22(19)23)24-16-27(34)33(29(24)36)21-10-8-20(30)9-11-21/h3-12,15,17,24,31H,13-14,16H2,1-2H3. The Balaban J connectivity index is 1.48. The first-order valence-corrected chi connectivity index (χ1v) is 12.1. The maximum Gasteiger partial charge on any atom is 0.257 e. The Bertz CT molecular complexity index is 1510. The normalized spacial score (nSPS) is 15.2. The molecule has 1 unspecified atom stereocenters. The van der Waals surface area contributed by atoms with Crippen LogP contribution in [-0.4, -0.2) is 54.4 Å². The van der Waals surface area contributed by atoms with Crippen LogP contribution >= 0.6 is 0 Å². The first-order chi connectivity index (χ1) is 18.4. The lowest BCUT2D eigenvalue weighted by atomic mass is 10.1. The summed E-state index contributed by atoms with van der Waals surface area (Å²) in [6.07, 6.45) is 2.16. The van der Waals surface area contributed by atoms with Crippen molar-refractivity contribution in [1.29, 1.82) is 0 Å². The molecule has 1 atom stereocenters. The summed E-state index contributed by atoms with van der Waals surface area (Å²) in [5, 5.41) is 1.02. The van der Waals surface area contributed by atoms with Gasteiger partial charge in [-0.15, -0.1) is 0 Å². The number of amides is 3. The van der Waals surface area contributed by atoms with Gasteiger partial charge in [0.05, 0.1) is 26.3 Å². The van der Waals surface area contributed by atoms with Crippen LogP contribution in [0.2, 0.25) is 0 Å². The molecule has 1 aromatic heterocycles. The molecule has 8 nitrogen and oxygen atoms in total. The second kappa shape index (κ2) is 10.4. The van der Waals surface area contributed by atoms with E-state index < -0.39 is 29.6 Å². The van der Waals surface area contributed by atoms with E-state index in [0.717, 1.165) is 21.4 Å². The van der Waals surface area contributed by atoms with Gasteiger partial charge in [0, 0.05) is 29.2 Å². The number of para-hydroxylation sites is 1. The number of hydrogen-bond donors (Lipinski definition) is 1. The van der Waals surface area contributed by atoms with Crippen molar-refractivity contribution in [2.24, 2.45) is 0 Å². The van der Waals surface area contributed by atoms with E-state index in [9.17, 15) is 18.8 Å². The molecular weight excluding hydrogens is 489 g/mol. The van der Waals surface area contributed by atoms with Gasteiger partial charge in [0.25, 0.3) is 11.8 Å². The summed E-state index contributed by atoms with van der Waals surface area (Å²) in [7, 11) is 2.97. The first-order valence-electron chi connectivity index (χ1n) is 12.1. The number of rotatable bonds is 8. The van der Waals surface area contributed by atoms with E-state index in [4.69, 9.17) is 9.47 Å². The Morgan fingerprint density at radius 1 is 1.03 bits per heavy atom. The van der Waals surface area contributed by atoms with Crippen LogP contribution in [0.25, 0.3) is 10.9 Å². The number of benzene rings is 3. The molecular formula is C29H26FN3O5. The molecule has 0 aliphatic carbocycles. The summed E-state index contributed by atoms with van der Waals surface area (Å²) in [5.74, 6) is -1.05. The second-order valence-electron chi connectivity index (χ2n) is 8.94. The fourth-order valence-electron chi connectivity index (χ4n) is 4.83. The van der Waals surface area contributed by atoms with Gasteiger partial charge in [0.2, 0.25) is 5.91 Å². The number of aromatic amines is 1. The minimum absolute atomic E-state index is 0.177. The van der Waals surface area contributed by atoms with Gasteiger partial charge >= 0.3 is 0 Å². The van der Waals surface area contributed by atoms with E-state index in [0.29, 0.717) is 23.5 Å². The van der Waals surface area contributed by atoms with Crippen molar-refractivity contribution in [3.63, 3.8) is 0 Å². The molecule has 1 N–H and O–H groups in total. The predicted octanol–water partition coefficient (Wildman–Crippen LogP) is 4.34. The van der Waals surface area contributed by atoms with E-state index in [1.54, 1.807) is 18.2 Å². The first kappa shape index (κ1) is 25.0. The smallest absolute Gasteiger partial charge is 0.257 e. The van der Waals surface area contributed by atoms with Gasteiger partial charge in [-0.3, -0.25) is 14.4 Å². The lowest BCUT2D eigenvalue weighted by Crippen LogP contribution is -2.46. The maximum atomic E-state index is 13.9. The average molecular weight is 516 g/mol. The Morgan fingerprint density at radius 3 is 2.50 bits per heavy atom. The Morgan fingerprint density at radius 2 is 1.76 bits per heavy atom. The van der Waals surface area contributed by atoms with Gasteiger partial charge in [-0.25, -0.2) is 9.29 Å². The summed E-state index contributed by atoms with van der Waals surface area (Å²) in [6.45, 7) is 0.190. The van der Waals surface area contributed by atoms with Gasteiger partial charge in [-0.2, -0.15) is 0 Å². The van der Waals surface area contributed by atoms with E-state index in [-0.39, 0.29) is 18.7 Å². The molecule has 1 aliphatic rings. The highest BCUT2D eigenvalue weighted by molar-refractivity contribution is 6.23. The third kappa shape index (κ3) is 4.58. The van der Waals surface area contributed by atoms with Crippen LogP contribution in [0.1, 0.15) is 22.3 Å². The molecule has 1 aliphatic heterocycles. The number of methoxy groups -OCH3 is 2. The van der Waals surface area contributed by atoms with E-state index >= 15 is 0 Å². The molecule has 0 bridgehead atoms. The fourth-order valence-corrected chi connectivity index (χ4v) is 4.83. The number of aromatic nitrogens is 1. The Kier molecular flexibility index (Phi) is 6.83. The van der Waals surface area contributed by atoms with Crippen LogP contribution in [0.3, 0.4) is 0 Å². The SMILES string of the molecule is COc1ccc(C(=O)N(CCc2c[nH]c3ccccc23)C2CC(=O)N(c3ccc(F)cc3)C2=O)cc1OC. The van der Waals surface area contributed by atoms with Gasteiger partial charge in [0.1, 0.15) is 11.9 Å². The fraction of sp³-hybridized carbons (Fsp3) is 0.207. The topological polar surface area (TPSA) is 91.9 Å². The Hall–Kier alpha value is -4.66. The van der Waals surface area contributed by atoms with E-state index in [1.165, 1.54) is 43.4 Å². The number of hydrogen-bond acceptors (Lipinski definition) is 5. The number of halogens is 1. The summed E-state index contributed by atoms with van der Waals surface area (Å²) >= 11 is 0. The number of anilines is 1. The highest BCUT2D eigenvalue weighted by Crippen LogP contribution is 2.31. The Labute approximate surface area is 218 Å². The van der Waals surface area contributed by atoms with Crippen molar-refractivity contribution in [1.82, 2.24) is 9.88 Å². The van der Waals surface area contributed by atoms with E-state index in [1.807, 2.05) is 30.5 Å². The van der Waals surface area contributed by atoms with Crippen molar-refractivity contribution in [3.8, 4) is 11.5 Å². The molecule has 1 fully saturated rings. The van der Waals surface area contributed by atoms with Crippen LogP contribution in [0.5, 0.6) is 11.5 Å². The van der Waals surface area contributed by atoms with Gasteiger partial charge in [-0.1, -0.05) is 18.2 Å². The molecule has 2 heterocycles. The zero-order valence-electron chi connectivity index (χ0n) is 20.9. The number of fused-ring (bicyclic) bond motifs is 1. The summed E-state index contributed by atoms with van der Waals surface area (Å²) in [4.78, 5) is 46.0. The molecule has 9 heteroatoms. The molecule has 194 valence electrons. The molecule has 0 saturated carbocycles. The second-order valence-corrected chi connectivity index (χ2v) is 8.94. The van der Waals surface area contributed by atoms with Gasteiger partial charge in [0.15, 0.2) is 11.5 Å². The van der Waals surface area contributed by atoms with Crippen molar-refractivity contribution in [2.75, 3.05) is 25.7 Å². The minimum atomic E-state index is -1.02. The summed E-state index contributed by atoms with van der Waals surface area (Å²) in [6, 6.07) is 16.7. The highest BCUT2D eigenvalue weighted by Gasteiger charge is 2.44. The number of ether oxygens (including phenoxy) is 2. The van der Waals surface area contributed by atoms with Crippen molar-refractivity contribution < 1.29 is 28.2 Å². The zero-order valence-corrected chi connectivity index (χ0v) is 20.9. The number of H-pyrrole nitrogens is 1. The van der Waals surface area contributed by atoms with E-state index in [2.05, 4.69) is 4.98 Å². The molecule has 5 rings (SSSR count). The van der Waals surface area contributed by atoms with Crippen LogP contribution in [-0.2, 0) is 16.0 Å². The lowest BCUT2D eigenvalue weighted by molar-refractivity contribution is -0.122. The molecule has 1 saturated heterocycles. The van der Waals surface area contributed by atoms with Gasteiger partial charge < -0.3 is 19.4 Å². The third-order valence-corrected chi connectivity index (χ3v) is 6.77. The quantitative estimate of drug-likeness (QED) is 0.353. The summed E-state index contributed by atoms with van der Waals surface area (Å²) in [5.41, 5.74) is 2.51. The van der Waals surface area contributed by atoms with Crippen LogP contribution < -0.4 is 14.4 Å². The van der Waals surface area contributed by atoms with Crippen LogP contribution in [0.15, 0.2) is 72.9 Å². The molecule has 3 aromatic carbocycles. The highest BCUT2D eigenvalue weighted by atomic mass is 19.1. The van der Waals surface area contributed by atoms with Crippen molar-refractivity contribution in [3.05, 3.63) is 89.9 Å². The molecule has 0 radical (unpaired) electrons. The maximum absolute atomic E-state index is 13.9. The molecule has 38 heavy (non-hydrogen) atoms. The monoisotopic (exact) mass is 515 g/mol. The molecule has 4 aromatic rings. The van der Waals surface area contributed by atoms with Crippen LogP contribution in [0, 0.1) is 5.82 Å². The van der Waals surface area contributed by atoms with Gasteiger partial charge in [-0.05, 0) is 60.5 Å². The largest absolute Gasteiger partial charge is 0.493 e. The number of carbonyl (C=O) groups is 3. The number of nitrogens with one attached hydrogen (secondary N) is 1.